The van der Waals surface area contributed by atoms with Crippen LogP contribution in [0.4, 0.5) is 0 Å². The summed E-state index contributed by atoms with van der Waals surface area (Å²) in [5.74, 6) is 0. The van der Waals surface area contributed by atoms with Crippen molar-refractivity contribution in [1.29, 1.82) is 0 Å². The topological polar surface area (TPSA) is 58.2 Å². The van der Waals surface area contributed by atoms with Crippen LogP contribution in [0.5, 0.6) is 0 Å². The summed E-state index contributed by atoms with van der Waals surface area (Å²) in [5.41, 5.74) is 0. The molecule has 2 N–H and O–H groups in total. The van der Waals surface area contributed by atoms with Crippen LogP contribution in [-0.4, -0.2) is 32.3 Å². The van der Waals surface area contributed by atoms with Gasteiger partial charge in [0.1, 0.15) is 0 Å². The normalized spacial score (nSPS) is 24.9. The van der Waals surface area contributed by atoms with Gasteiger partial charge in [-0.05, 0) is 53.1 Å². The number of hydrogen-bond acceptors (Lipinski definition) is 3. The van der Waals surface area contributed by atoms with Gasteiger partial charge in [-0.3, -0.25) is 0 Å². The molecule has 90 valence electrons. The van der Waals surface area contributed by atoms with Gasteiger partial charge in [0.15, 0.2) is 0 Å². The van der Waals surface area contributed by atoms with Gasteiger partial charge in [0.2, 0.25) is 10.0 Å². The zero-order chi connectivity index (χ0) is 11.5. The molecule has 1 aliphatic heterocycles. The van der Waals surface area contributed by atoms with Crippen molar-refractivity contribution in [2.45, 2.75) is 50.8 Å². The lowest BCUT2D eigenvalue weighted by atomic mass is 10.1. The molecule has 0 radical (unpaired) electrons. The molecule has 0 amide bonds. The minimum Gasteiger partial charge on any atom is -0.317 e. The summed E-state index contributed by atoms with van der Waals surface area (Å²) in [6, 6.07) is 0.101. The number of nitrogens with one attached hydrogen (secondary N) is 2. The number of hydrogen-bond donors (Lipinski definition) is 2. The van der Waals surface area contributed by atoms with Gasteiger partial charge in [-0.15, -0.1) is 0 Å². The molecule has 1 heterocycles. The molecule has 0 saturated carbocycles. The van der Waals surface area contributed by atoms with Crippen molar-refractivity contribution in [3.63, 3.8) is 0 Å². The molecular weight excluding hydrogens is 212 g/mol. The molecular formula is C10H22N2O2S. The number of sulfonamides is 1. The Morgan fingerprint density at radius 2 is 1.87 bits per heavy atom. The third-order valence-corrected chi connectivity index (χ3v) is 4.96. The maximum atomic E-state index is 11.9. The van der Waals surface area contributed by atoms with Gasteiger partial charge in [0.25, 0.3) is 0 Å². The molecule has 5 heteroatoms. The third-order valence-electron chi connectivity index (χ3n) is 2.70. The van der Waals surface area contributed by atoms with E-state index in [0.717, 1.165) is 32.4 Å². The van der Waals surface area contributed by atoms with Crippen LogP contribution in [0.2, 0.25) is 0 Å². The maximum absolute atomic E-state index is 11.9. The Morgan fingerprint density at radius 1 is 1.20 bits per heavy atom. The van der Waals surface area contributed by atoms with Crippen LogP contribution in [0.25, 0.3) is 0 Å². The maximum Gasteiger partial charge on any atom is 0.216 e. The molecule has 0 aliphatic carbocycles. The van der Waals surface area contributed by atoms with Crippen LogP contribution >= 0.6 is 0 Å². The fourth-order valence-electron chi connectivity index (χ4n) is 1.53. The first kappa shape index (κ1) is 12.9. The summed E-state index contributed by atoms with van der Waals surface area (Å²) >= 11 is 0. The summed E-state index contributed by atoms with van der Waals surface area (Å²) in [4.78, 5) is 0. The summed E-state index contributed by atoms with van der Waals surface area (Å²) in [7, 11) is -3.19. The predicted molar refractivity (Wildman–Crippen MR) is 62.3 cm³/mol. The van der Waals surface area contributed by atoms with Crippen LogP contribution in [0, 0.1) is 0 Å². The lowest BCUT2D eigenvalue weighted by molar-refractivity contribution is 0.497. The van der Waals surface area contributed by atoms with Crippen molar-refractivity contribution in [3.05, 3.63) is 0 Å². The second-order valence-corrected chi connectivity index (χ2v) is 7.58. The standard InChI is InChI=1S/C10H22N2O2S/c1-10(2,3)15(13,14)12-9-5-4-7-11-8-6-9/h9,11-12H,4-8H2,1-3H3. The van der Waals surface area contributed by atoms with E-state index in [1.165, 1.54) is 0 Å². The average molecular weight is 234 g/mol. The van der Waals surface area contributed by atoms with Crippen molar-refractivity contribution in [3.8, 4) is 0 Å². The zero-order valence-electron chi connectivity index (χ0n) is 9.84. The Morgan fingerprint density at radius 3 is 2.47 bits per heavy atom. The summed E-state index contributed by atoms with van der Waals surface area (Å²) in [6.07, 6.45) is 2.86. The highest BCUT2D eigenvalue weighted by atomic mass is 32.2. The van der Waals surface area contributed by atoms with Crippen LogP contribution in [-0.2, 0) is 10.0 Å². The minimum absolute atomic E-state index is 0.101. The lowest BCUT2D eigenvalue weighted by Crippen LogP contribution is -2.44. The van der Waals surface area contributed by atoms with E-state index in [-0.39, 0.29) is 6.04 Å². The predicted octanol–water partition coefficient (Wildman–Crippen LogP) is 0.846. The molecule has 1 atom stereocenters. The molecule has 1 rings (SSSR count). The van der Waals surface area contributed by atoms with Crippen molar-refractivity contribution >= 4 is 10.0 Å². The minimum atomic E-state index is -3.19. The van der Waals surface area contributed by atoms with Gasteiger partial charge >= 0.3 is 0 Å². The Kier molecular flexibility index (Phi) is 4.14. The van der Waals surface area contributed by atoms with Gasteiger partial charge in [0, 0.05) is 6.04 Å². The Bertz CT molecular complexity index is 285. The molecule has 15 heavy (non-hydrogen) atoms. The first-order chi connectivity index (χ1) is 6.83. The van der Waals surface area contributed by atoms with E-state index in [4.69, 9.17) is 0 Å². The van der Waals surface area contributed by atoms with Crippen molar-refractivity contribution in [1.82, 2.24) is 10.0 Å². The number of rotatable bonds is 2. The molecule has 0 aromatic carbocycles. The quantitative estimate of drug-likeness (QED) is 0.744. The Hall–Kier alpha value is -0.130. The SMILES string of the molecule is CC(C)(C)S(=O)(=O)NC1CCCNCC1. The van der Waals surface area contributed by atoms with Crippen molar-refractivity contribution in [2.75, 3.05) is 13.1 Å². The van der Waals surface area contributed by atoms with E-state index < -0.39 is 14.8 Å². The summed E-state index contributed by atoms with van der Waals surface area (Å²) in [6.45, 7) is 7.07. The fraction of sp³-hybridized carbons (Fsp3) is 1.00. The van der Waals surface area contributed by atoms with E-state index in [0.29, 0.717) is 0 Å². The van der Waals surface area contributed by atoms with E-state index in [9.17, 15) is 8.42 Å². The highest BCUT2D eigenvalue weighted by molar-refractivity contribution is 7.90. The molecule has 1 saturated heterocycles. The summed E-state index contributed by atoms with van der Waals surface area (Å²) < 4.78 is 25.9. The Balaban J connectivity index is 2.60. The second kappa shape index (κ2) is 4.80. The summed E-state index contributed by atoms with van der Waals surface area (Å²) in [5, 5.41) is 3.27. The van der Waals surface area contributed by atoms with Gasteiger partial charge < -0.3 is 5.32 Å². The van der Waals surface area contributed by atoms with Crippen molar-refractivity contribution < 1.29 is 8.42 Å². The largest absolute Gasteiger partial charge is 0.317 e. The van der Waals surface area contributed by atoms with E-state index in [1.54, 1.807) is 20.8 Å². The van der Waals surface area contributed by atoms with E-state index in [1.807, 2.05) is 0 Å². The Labute approximate surface area is 92.9 Å². The second-order valence-electron chi connectivity index (χ2n) is 5.11. The van der Waals surface area contributed by atoms with Crippen molar-refractivity contribution in [2.24, 2.45) is 0 Å². The fourth-order valence-corrected chi connectivity index (χ4v) is 2.56. The van der Waals surface area contributed by atoms with Crippen LogP contribution < -0.4 is 10.0 Å². The highest BCUT2D eigenvalue weighted by Crippen LogP contribution is 2.16. The zero-order valence-corrected chi connectivity index (χ0v) is 10.7. The average Bonchev–Trinajstić information content (AvgIpc) is 2.30. The first-order valence-corrected chi connectivity index (χ1v) is 7.04. The first-order valence-electron chi connectivity index (χ1n) is 5.55. The van der Waals surface area contributed by atoms with E-state index >= 15 is 0 Å². The van der Waals surface area contributed by atoms with Gasteiger partial charge in [-0.1, -0.05) is 0 Å². The third kappa shape index (κ3) is 3.74. The smallest absolute Gasteiger partial charge is 0.216 e. The molecule has 1 unspecified atom stereocenters. The molecule has 1 fully saturated rings. The highest BCUT2D eigenvalue weighted by Gasteiger charge is 2.31. The molecule has 4 nitrogen and oxygen atoms in total. The van der Waals surface area contributed by atoms with Gasteiger partial charge in [-0.2, -0.15) is 0 Å². The molecule has 0 aromatic rings. The monoisotopic (exact) mass is 234 g/mol. The van der Waals surface area contributed by atoms with Gasteiger partial charge in [0.05, 0.1) is 4.75 Å². The van der Waals surface area contributed by atoms with Crippen LogP contribution in [0.1, 0.15) is 40.0 Å². The van der Waals surface area contributed by atoms with E-state index in [2.05, 4.69) is 10.0 Å². The van der Waals surface area contributed by atoms with Gasteiger partial charge in [-0.25, -0.2) is 13.1 Å². The molecule has 0 aromatic heterocycles. The lowest BCUT2D eigenvalue weighted by Gasteiger charge is -2.24. The van der Waals surface area contributed by atoms with Crippen LogP contribution in [0.3, 0.4) is 0 Å². The molecule has 0 bridgehead atoms. The van der Waals surface area contributed by atoms with Crippen LogP contribution in [0.15, 0.2) is 0 Å². The molecule has 1 aliphatic rings. The molecule has 0 spiro atoms.